The second kappa shape index (κ2) is 5.89. The van der Waals surface area contributed by atoms with Gasteiger partial charge >= 0.3 is 0 Å². The standard InChI is InChI=1S/C15H31N3/c1-15(2)11-17(3)14(8-9-16)10-18(12-15)13-6-4-5-7-13/h13-14H,4-12,16H2,1-3H3. The van der Waals surface area contributed by atoms with Crippen LogP contribution in [0.4, 0.5) is 0 Å². The molecule has 3 heteroatoms. The Morgan fingerprint density at radius 3 is 2.44 bits per heavy atom. The van der Waals surface area contributed by atoms with E-state index in [1.807, 2.05) is 0 Å². The van der Waals surface area contributed by atoms with Crippen molar-refractivity contribution in [2.75, 3.05) is 33.2 Å². The van der Waals surface area contributed by atoms with Crippen LogP contribution in [0.25, 0.3) is 0 Å². The maximum atomic E-state index is 5.79. The van der Waals surface area contributed by atoms with Crippen molar-refractivity contribution >= 4 is 0 Å². The summed E-state index contributed by atoms with van der Waals surface area (Å²) in [6.07, 6.45) is 6.82. The van der Waals surface area contributed by atoms with E-state index in [2.05, 4.69) is 30.7 Å². The number of hydrogen-bond acceptors (Lipinski definition) is 3. The quantitative estimate of drug-likeness (QED) is 0.834. The van der Waals surface area contributed by atoms with Crippen LogP contribution in [0.3, 0.4) is 0 Å². The molecule has 1 aliphatic heterocycles. The number of hydrogen-bond donors (Lipinski definition) is 1. The smallest absolute Gasteiger partial charge is 0.0232 e. The van der Waals surface area contributed by atoms with E-state index in [-0.39, 0.29) is 0 Å². The molecule has 1 saturated heterocycles. The third-order valence-corrected chi connectivity index (χ3v) is 4.72. The Kier molecular flexibility index (Phi) is 4.68. The van der Waals surface area contributed by atoms with E-state index < -0.39 is 0 Å². The minimum absolute atomic E-state index is 0.403. The monoisotopic (exact) mass is 253 g/mol. The molecule has 0 aromatic carbocycles. The van der Waals surface area contributed by atoms with Gasteiger partial charge in [0, 0.05) is 31.7 Å². The zero-order chi connectivity index (χ0) is 13.2. The first-order valence-corrected chi connectivity index (χ1v) is 7.66. The molecule has 0 bridgehead atoms. The molecule has 0 aromatic rings. The zero-order valence-electron chi connectivity index (χ0n) is 12.5. The van der Waals surface area contributed by atoms with Gasteiger partial charge in [-0.3, -0.25) is 4.90 Å². The van der Waals surface area contributed by atoms with E-state index in [4.69, 9.17) is 5.73 Å². The van der Waals surface area contributed by atoms with Gasteiger partial charge in [-0.05, 0) is 38.3 Å². The van der Waals surface area contributed by atoms with Crippen molar-refractivity contribution in [3.05, 3.63) is 0 Å². The number of nitrogens with two attached hydrogens (primary N) is 1. The van der Waals surface area contributed by atoms with Gasteiger partial charge in [-0.25, -0.2) is 0 Å². The minimum atomic E-state index is 0.403. The van der Waals surface area contributed by atoms with E-state index in [0.29, 0.717) is 11.5 Å². The molecule has 0 spiro atoms. The molecule has 0 amide bonds. The van der Waals surface area contributed by atoms with Crippen LogP contribution in [0, 0.1) is 5.41 Å². The van der Waals surface area contributed by atoms with Gasteiger partial charge in [0.25, 0.3) is 0 Å². The normalized spacial score (nSPS) is 31.7. The molecule has 106 valence electrons. The average Bonchev–Trinajstić information content (AvgIpc) is 2.76. The fraction of sp³-hybridized carbons (Fsp3) is 1.00. The Morgan fingerprint density at radius 2 is 1.83 bits per heavy atom. The lowest BCUT2D eigenvalue weighted by Gasteiger charge is -2.33. The highest BCUT2D eigenvalue weighted by Crippen LogP contribution is 2.31. The number of likely N-dealkylation sites (N-methyl/N-ethyl adjacent to an activating group) is 1. The van der Waals surface area contributed by atoms with Gasteiger partial charge < -0.3 is 10.6 Å². The summed E-state index contributed by atoms with van der Waals surface area (Å²) >= 11 is 0. The molecule has 2 N–H and O–H groups in total. The third kappa shape index (κ3) is 3.46. The van der Waals surface area contributed by atoms with Crippen LogP contribution < -0.4 is 5.73 Å². The molecule has 2 aliphatic rings. The van der Waals surface area contributed by atoms with Crippen molar-refractivity contribution in [1.29, 1.82) is 0 Å². The molecule has 3 nitrogen and oxygen atoms in total. The first-order chi connectivity index (χ1) is 8.52. The second-order valence-electron chi connectivity index (χ2n) is 7.18. The first-order valence-electron chi connectivity index (χ1n) is 7.66. The van der Waals surface area contributed by atoms with Crippen LogP contribution in [-0.4, -0.2) is 55.1 Å². The van der Waals surface area contributed by atoms with Gasteiger partial charge in [0.15, 0.2) is 0 Å². The number of rotatable bonds is 3. The van der Waals surface area contributed by atoms with Gasteiger partial charge in [0.2, 0.25) is 0 Å². The first kappa shape index (κ1) is 14.3. The second-order valence-corrected chi connectivity index (χ2v) is 7.18. The maximum Gasteiger partial charge on any atom is 0.0232 e. The van der Waals surface area contributed by atoms with Crippen molar-refractivity contribution in [2.45, 2.75) is 58.0 Å². The van der Waals surface area contributed by atoms with E-state index in [1.165, 1.54) is 45.3 Å². The van der Waals surface area contributed by atoms with Crippen molar-refractivity contribution < 1.29 is 0 Å². The Labute approximate surface area is 113 Å². The zero-order valence-corrected chi connectivity index (χ0v) is 12.5. The van der Waals surface area contributed by atoms with Crippen molar-refractivity contribution in [2.24, 2.45) is 11.1 Å². The molecule has 1 heterocycles. The van der Waals surface area contributed by atoms with Gasteiger partial charge in [0.05, 0.1) is 0 Å². The molecular formula is C15H31N3. The molecule has 1 unspecified atom stereocenters. The van der Waals surface area contributed by atoms with E-state index >= 15 is 0 Å². The molecule has 2 rings (SSSR count). The lowest BCUT2D eigenvalue weighted by atomic mass is 9.92. The highest BCUT2D eigenvalue weighted by molar-refractivity contribution is 4.90. The lowest BCUT2D eigenvalue weighted by molar-refractivity contribution is 0.146. The van der Waals surface area contributed by atoms with Gasteiger partial charge in [-0.1, -0.05) is 26.7 Å². The SMILES string of the molecule is CN1CC(C)(C)CN(C2CCCC2)CC1CCN. The number of nitrogens with zero attached hydrogens (tertiary/aromatic N) is 2. The molecule has 1 aliphatic carbocycles. The summed E-state index contributed by atoms with van der Waals surface area (Å²) < 4.78 is 0. The maximum absolute atomic E-state index is 5.79. The fourth-order valence-electron chi connectivity index (χ4n) is 3.93. The fourth-order valence-corrected chi connectivity index (χ4v) is 3.93. The molecule has 0 aromatic heterocycles. The highest BCUT2D eigenvalue weighted by atomic mass is 15.3. The van der Waals surface area contributed by atoms with Crippen molar-refractivity contribution in [3.63, 3.8) is 0 Å². The van der Waals surface area contributed by atoms with Gasteiger partial charge in [-0.15, -0.1) is 0 Å². The molecule has 1 atom stereocenters. The predicted octanol–water partition coefficient (Wildman–Crippen LogP) is 1.92. The summed E-state index contributed by atoms with van der Waals surface area (Å²) in [4.78, 5) is 5.32. The summed E-state index contributed by atoms with van der Waals surface area (Å²) in [5.41, 5.74) is 6.20. The van der Waals surface area contributed by atoms with E-state index in [9.17, 15) is 0 Å². The molecule has 2 fully saturated rings. The highest BCUT2D eigenvalue weighted by Gasteiger charge is 2.35. The molecule has 0 radical (unpaired) electrons. The van der Waals surface area contributed by atoms with Crippen LogP contribution >= 0.6 is 0 Å². The summed E-state index contributed by atoms with van der Waals surface area (Å²) in [5.74, 6) is 0. The summed E-state index contributed by atoms with van der Waals surface area (Å²) in [5, 5.41) is 0. The van der Waals surface area contributed by atoms with Crippen LogP contribution in [-0.2, 0) is 0 Å². The van der Waals surface area contributed by atoms with Crippen LogP contribution in [0.5, 0.6) is 0 Å². The molecular weight excluding hydrogens is 222 g/mol. The Hall–Kier alpha value is -0.120. The van der Waals surface area contributed by atoms with Crippen molar-refractivity contribution in [1.82, 2.24) is 9.80 Å². The average molecular weight is 253 g/mol. The van der Waals surface area contributed by atoms with Crippen molar-refractivity contribution in [3.8, 4) is 0 Å². The topological polar surface area (TPSA) is 32.5 Å². The Balaban J connectivity index is 2.07. The lowest BCUT2D eigenvalue weighted by Crippen LogP contribution is -2.43. The molecule has 1 saturated carbocycles. The summed E-state index contributed by atoms with van der Waals surface area (Å²) in [6, 6.07) is 1.49. The predicted molar refractivity (Wildman–Crippen MR) is 77.7 cm³/mol. The summed E-state index contributed by atoms with van der Waals surface area (Å²) in [6.45, 7) is 9.31. The van der Waals surface area contributed by atoms with Gasteiger partial charge in [-0.2, -0.15) is 0 Å². The van der Waals surface area contributed by atoms with Crippen LogP contribution in [0.2, 0.25) is 0 Å². The molecule has 18 heavy (non-hydrogen) atoms. The van der Waals surface area contributed by atoms with E-state index in [1.54, 1.807) is 0 Å². The van der Waals surface area contributed by atoms with Crippen LogP contribution in [0.1, 0.15) is 46.0 Å². The van der Waals surface area contributed by atoms with Gasteiger partial charge in [0.1, 0.15) is 0 Å². The largest absolute Gasteiger partial charge is 0.330 e. The summed E-state index contributed by atoms with van der Waals surface area (Å²) in [7, 11) is 2.28. The van der Waals surface area contributed by atoms with E-state index in [0.717, 1.165) is 19.0 Å². The Morgan fingerprint density at radius 1 is 1.17 bits per heavy atom. The minimum Gasteiger partial charge on any atom is -0.330 e. The van der Waals surface area contributed by atoms with Crippen LogP contribution in [0.15, 0.2) is 0 Å². The third-order valence-electron chi connectivity index (χ3n) is 4.72. The Bertz CT molecular complexity index is 258.